The summed E-state index contributed by atoms with van der Waals surface area (Å²) in [6, 6.07) is 6.06. The van der Waals surface area contributed by atoms with Gasteiger partial charge in [0.25, 0.3) is 11.2 Å². The van der Waals surface area contributed by atoms with E-state index in [4.69, 9.17) is 4.74 Å². The van der Waals surface area contributed by atoms with Gasteiger partial charge in [-0.25, -0.2) is 4.79 Å². The Labute approximate surface area is 112 Å². The third-order valence-electron chi connectivity index (χ3n) is 2.64. The van der Waals surface area contributed by atoms with Crippen LogP contribution in [-0.2, 0) is 6.61 Å². The summed E-state index contributed by atoms with van der Waals surface area (Å²) >= 11 is 0. The van der Waals surface area contributed by atoms with Crippen LogP contribution < -0.4 is 16.0 Å². The van der Waals surface area contributed by atoms with E-state index in [1.165, 1.54) is 19.1 Å². The molecule has 2 aromatic rings. The molecule has 104 valence electrons. The molecule has 0 aliphatic heterocycles. The average Bonchev–Trinajstić information content (AvgIpc) is 2.37. The van der Waals surface area contributed by atoms with E-state index in [-0.39, 0.29) is 23.7 Å². The maximum absolute atomic E-state index is 11.6. The van der Waals surface area contributed by atoms with Crippen LogP contribution in [-0.4, -0.2) is 14.9 Å². The summed E-state index contributed by atoms with van der Waals surface area (Å²) in [7, 11) is 0. The summed E-state index contributed by atoms with van der Waals surface area (Å²) < 4.78 is 5.28. The first-order valence-corrected chi connectivity index (χ1v) is 5.67. The summed E-state index contributed by atoms with van der Waals surface area (Å²) in [5.41, 5.74) is -0.804. The molecule has 0 bridgehead atoms. The highest BCUT2D eigenvalue weighted by molar-refractivity contribution is 5.39. The fourth-order valence-electron chi connectivity index (χ4n) is 1.72. The highest BCUT2D eigenvalue weighted by atomic mass is 16.6. The van der Waals surface area contributed by atoms with Crippen LogP contribution in [0.4, 0.5) is 5.69 Å². The van der Waals surface area contributed by atoms with Crippen LogP contribution in [0.25, 0.3) is 0 Å². The fraction of sp³-hybridized carbons (Fsp3) is 0.167. The van der Waals surface area contributed by atoms with Crippen molar-refractivity contribution < 1.29 is 9.66 Å². The van der Waals surface area contributed by atoms with E-state index >= 15 is 0 Å². The van der Waals surface area contributed by atoms with Crippen LogP contribution in [0.3, 0.4) is 0 Å². The van der Waals surface area contributed by atoms with Gasteiger partial charge in [-0.1, -0.05) is 12.1 Å². The molecule has 0 aliphatic carbocycles. The van der Waals surface area contributed by atoms with Crippen molar-refractivity contribution in [2.45, 2.75) is 13.5 Å². The molecular formula is C12H11N3O5. The van der Waals surface area contributed by atoms with E-state index < -0.39 is 16.2 Å². The van der Waals surface area contributed by atoms with Gasteiger partial charge in [-0.3, -0.25) is 19.9 Å². The topological polar surface area (TPSA) is 118 Å². The summed E-state index contributed by atoms with van der Waals surface area (Å²) in [5, 5.41) is 10.8. The molecule has 2 rings (SSSR count). The number of hydrogen-bond donors (Lipinski definition) is 2. The first-order valence-electron chi connectivity index (χ1n) is 5.67. The van der Waals surface area contributed by atoms with Gasteiger partial charge in [0.1, 0.15) is 6.61 Å². The molecule has 1 aromatic heterocycles. The molecule has 8 heteroatoms. The van der Waals surface area contributed by atoms with E-state index in [2.05, 4.69) is 4.98 Å². The van der Waals surface area contributed by atoms with Gasteiger partial charge in [0.05, 0.1) is 16.2 Å². The minimum absolute atomic E-state index is 0.0669. The third kappa shape index (κ3) is 2.74. The van der Waals surface area contributed by atoms with Crippen LogP contribution in [0.2, 0.25) is 0 Å². The van der Waals surface area contributed by atoms with E-state index in [0.717, 1.165) is 0 Å². The van der Waals surface area contributed by atoms with Crippen molar-refractivity contribution in [2.24, 2.45) is 0 Å². The SMILES string of the molecule is Cc1[nH]c(=O)[nH]c(=O)c1OCc1ccccc1[N+](=O)[O-]. The normalized spacial score (nSPS) is 10.2. The Bertz CT molecular complexity index is 762. The lowest BCUT2D eigenvalue weighted by atomic mass is 10.2. The molecule has 0 spiro atoms. The molecule has 20 heavy (non-hydrogen) atoms. The number of nitrogens with one attached hydrogen (secondary N) is 2. The molecule has 2 N–H and O–H groups in total. The second kappa shape index (κ2) is 5.39. The lowest BCUT2D eigenvalue weighted by Crippen LogP contribution is -2.25. The van der Waals surface area contributed by atoms with Crippen LogP contribution >= 0.6 is 0 Å². The number of aromatic amines is 2. The summed E-state index contributed by atoms with van der Waals surface area (Å²) in [6.45, 7) is 1.36. The minimum atomic E-state index is -0.676. The number of aromatic nitrogens is 2. The number of rotatable bonds is 4. The number of nitrogens with zero attached hydrogens (tertiary/aromatic N) is 1. The van der Waals surface area contributed by atoms with Crippen molar-refractivity contribution in [1.29, 1.82) is 0 Å². The van der Waals surface area contributed by atoms with Gasteiger partial charge in [-0.15, -0.1) is 0 Å². The monoisotopic (exact) mass is 277 g/mol. The van der Waals surface area contributed by atoms with Gasteiger partial charge in [-0.2, -0.15) is 0 Å². The quantitative estimate of drug-likeness (QED) is 0.634. The van der Waals surface area contributed by atoms with E-state index in [1.54, 1.807) is 12.1 Å². The van der Waals surface area contributed by atoms with Crippen LogP contribution in [0.5, 0.6) is 5.75 Å². The maximum Gasteiger partial charge on any atom is 0.326 e. The lowest BCUT2D eigenvalue weighted by molar-refractivity contribution is -0.385. The van der Waals surface area contributed by atoms with E-state index in [0.29, 0.717) is 5.56 Å². The Balaban J connectivity index is 2.28. The number of ether oxygens (including phenoxy) is 1. The molecule has 1 heterocycles. The van der Waals surface area contributed by atoms with Crippen molar-refractivity contribution in [3.8, 4) is 5.75 Å². The van der Waals surface area contributed by atoms with Gasteiger partial charge in [0.15, 0.2) is 0 Å². The molecule has 1 aromatic carbocycles. The van der Waals surface area contributed by atoms with Crippen molar-refractivity contribution >= 4 is 5.69 Å². The highest BCUT2D eigenvalue weighted by Crippen LogP contribution is 2.19. The van der Waals surface area contributed by atoms with Crippen molar-refractivity contribution in [3.05, 3.63) is 66.5 Å². The molecule has 0 aliphatic rings. The van der Waals surface area contributed by atoms with Crippen molar-refractivity contribution in [3.63, 3.8) is 0 Å². The average molecular weight is 277 g/mol. The zero-order valence-corrected chi connectivity index (χ0v) is 10.5. The maximum atomic E-state index is 11.6. The zero-order chi connectivity index (χ0) is 14.7. The molecule has 0 radical (unpaired) electrons. The molecule has 8 nitrogen and oxygen atoms in total. The number of nitro groups is 1. The van der Waals surface area contributed by atoms with E-state index in [9.17, 15) is 19.7 Å². The second-order valence-electron chi connectivity index (χ2n) is 4.04. The Morgan fingerprint density at radius 1 is 1.25 bits per heavy atom. The summed E-state index contributed by atoms with van der Waals surface area (Å²) in [5.74, 6) is -0.0669. The summed E-state index contributed by atoms with van der Waals surface area (Å²) in [6.07, 6.45) is 0. The van der Waals surface area contributed by atoms with Gasteiger partial charge in [0, 0.05) is 6.07 Å². The lowest BCUT2D eigenvalue weighted by Gasteiger charge is -2.07. The van der Waals surface area contributed by atoms with Crippen molar-refractivity contribution in [2.75, 3.05) is 0 Å². The number of hydrogen-bond acceptors (Lipinski definition) is 5. The number of H-pyrrole nitrogens is 2. The second-order valence-corrected chi connectivity index (χ2v) is 4.04. The Morgan fingerprint density at radius 2 is 1.95 bits per heavy atom. The summed E-state index contributed by atoms with van der Waals surface area (Å²) in [4.78, 5) is 37.3. The standard InChI is InChI=1S/C12H11N3O5/c1-7-10(11(16)14-12(17)13-7)20-6-8-4-2-3-5-9(8)15(18)19/h2-5H,6H2,1H3,(H2,13,14,16,17). The van der Waals surface area contributed by atoms with Gasteiger partial charge < -0.3 is 9.72 Å². The fourth-order valence-corrected chi connectivity index (χ4v) is 1.72. The van der Waals surface area contributed by atoms with Crippen molar-refractivity contribution in [1.82, 2.24) is 9.97 Å². The first-order chi connectivity index (χ1) is 9.49. The zero-order valence-electron chi connectivity index (χ0n) is 10.5. The predicted octanol–water partition coefficient (Wildman–Crippen LogP) is 0.859. The molecule has 0 saturated carbocycles. The third-order valence-corrected chi connectivity index (χ3v) is 2.64. The largest absolute Gasteiger partial charge is 0.481 e. The Kier molecular flexibility index (Phi) is 3.65. The van der Waals surface area contributed by atoms with E-state index in [1.807, 2.05) is 4.98 Å². The van der Waals surface area contributed by atoms with Gasteiger partial charge >= 0.3 is 5.69 Å². The minimum Gasteiger partial charge on any atom is -0.481 e. The molecular weight excluding hydrogens is 266 g/mol. The first kappa shape index (κ1) is 13.5. The van der Waals surface area contributed by atoms with Gasteiger partial charge in [0.2, 0.25) is 5.75 Å². The molecule has 0 atom stereocenters. The number of aryl methyl sites for hydroxylation is 1. The van der Waals surface area contributed by atoms with Crippen LogP contribution in [0, 0.1) is 17.0 Å². The molecule has 0 amide bonds. The Morgan fingerprint density at radius 3 is 2.60 bits per heavy atom. The molecule has 0 unspecified atom stereocenters. The molecule has 0 saturated heterocycles. The number of nitro benzene ring substituents is 1. The Hall–Kier alpha value is -2.90. The van der Waals surface area contributed by atoms with Crippen LogP contribution in [0.1, 0.15) is 11.3 Å². The highest BCUT2D eigenvalue weighted by Gasteiger charge is 2.14. The predicted molar refractivity (Wildman–Crippen MR) is 69.8 cm³/mol. The number of para-hydroxylation sites is 1. The molecule has 0 fully saturated rings. The van der Waals surface area contributed by atoms with Crippen LogP contribution in [0.15, 0.2) is 33.9 Å². The smallest absolute Gasteiger partial charge is 0.326 e. The van der Waals surface area contributed by atoms with Gasteiger partial charge in [-0.05, 0) is 13.0 Å². The number of benzene rings is 1.